The molecule has 2 bridgehead atoms. The summed E-state index contributed by atoms with van der Waals surface area (Å²) in [5.41, 5.74) is 2.60. The molecule has 4 amide bonds. The zero-order chi connectivity index (χ0) is 41.2. The summed E-state index contributed by atoms with van der Waals surface area (Å²) >= 11 is 0. The highest BCUT2D eigenvalue weighted by Crippen LogP contribution is 2.39. The Morgan fingerprint density at radius 3 is 2.33 bits per heavy atom. The molecule has 0 spiro atoms. The first-order valence-electron chi connectivity index (χ1n) is 21.5. The van der Waals surface area contributed by atoms with Crippen LogP contribution in [0.4, 0.5) is 29.1 Å². The molecule has 3 aromatic heterocycles. The fourth-order valence-electron chi connectivity index (χ4n) is 10.2. The van der Waals surface area contributed by atoms with Crippen molar-refractivity contribution in [2.45, 2.75) is 89.1 Å². The summed E-state index contributed by atoms with van der Waals surface area (Å²) in [6.07, 6.45) is 9.53. The Kier molecular flexibility index (Phi) is 9.89. The summed E-state index contributed by atoms with van der Waals surface area (Å²) in [5.74, 6) is 1.80. The first-order valence-corrected chi connectivity index (χ1v) is 21.5. The average molecular weight is 817 g/mol. The molecule has 17 nitrogen and oxygen atoms in total. The number of piperazine rings is 1. The van der Waals surface area contributed by atoms with Gasteiger partial charge in [-0.1, -0.05) is 0 Å². The molecule has 2 N–H and O–H groups in total. The van der Waals surface area contributed by atoms with E-state index in [1.165, 1.54) is 0 Å². The molecule has 10 heterocycles. The van der Waals surface area contributed by atoms with Gasteiger partial charge >= 0.3 is 0 Å². The summed E-state index contributed by atoms with van der Waals surface area (Å²) in [6, 6.07) is 9.48. The van der Waals surface area contributed by atoms with E-state index in [4.69, 9.17) is 19.8 Å². The molecule has 0 aliphatic carbocycles. The summed E-state index contributed by atoms with van der Waals surface area (Å²) < 4.78 is 7.64. The number of aromatic nitrogens is 5. The zero-order valence-electron chi connectivity index (χ0n) is 34.4. The second kappa shape index (κ2) is 15.4. The second-order valence-electron chi connectivity index (χ2n) is 17.5. The van der Waals surface area contributed by atoms with Crippen molar-refractivity contribution in [2.24, 2.45) is 5.92 Å². The third kappa shape index (κ3) is 6.90. The number of anilines is 5. The number of piperidine rings is 4. The van der Waals surface area contributed by atoms with Crippen molar-refractivity contribution in [1.82, 2.24) is 39.8 Å². The summed E-state index contributed by atoms with van der Waals surface area (Å²) in [5, 5.41) is 11.9. The number of fused-ring (bicyclic) bond motifs is 4. The van der Waals surface area contributed by atoms with Crippen molar-refractivity contribution >= 4 is 63.6 Å². The first-order chi connectivity index (χ1) is 29.1. The maximum atomic E-state index is 13.5. The number of rotatable bonds is 10. The van der Waals surface area contributed by atoms with Gasteiger partial charge in [-0.05, 0) is 82.6 Å². The number of carbonyl (C=O) groups excluding carboxylic acids is 4. The lowest BCUT2D eigenvalue weighted by molar-refractivity contribution is -0.136. The minimum Gasteiger partial charge on any atom is -0.381 e. The van der Waals surface area contributed by atoms with Crippen molar-refractivity contribution in [2.75, 3.05) is 72.9 Å². The van der Waals surface area contributed by atoms with Gasteiger partial charge in [-0.15, -0.1) is 0 Å². The minimum atomic E-state index is -0.965. The van der Waals surface area contributed by atoms with Gasteiger partial charge in [-0.3, -0.25) is 39.0 Å². The molecule has 60 heavy (non-hydrogen) atoms. The number of nitrogens with one attached hydrogen (secondary N) is 2. The van der Waals surface area contributed by atoms with Crippen LogP contribution in [0, 0.1) is 5.92 Å². The summed E-state index contributed by atoms with van der Waals surface area (Å²) in [6.45, 7) is 10.7. The smallest absolute Gasteiger partial charge is 0.262 e. The highest BCUT2D eigenvalue weighted by atomic mass is 16.5. The second-order valence-corrected chi connectivity index (χ2v) is 17.5. The van der Waals surface area contributed by atoms with E-state index < -0.39 is 23.8 Å². The molecular weight excluding hydrogens is 765 g/mol. The van der Waals surface area contributed by atoms with E-state index in [1.807, 2.05) is 24.4 Å². The van der Waals surface area contributed by atoms with Crippen LogP contribution in [0.15, 0.2) is 42.7 Å². The standard InChI is InChI=1S/C43H52N12O5/c1-25(2)55-35-20-37(46-36-8-13-44-43(47-36)51-16-11-30(60-3)12-17-51)45-21-33(35)39(49-55)50-14-9-26(10-15-50)22-53-28-18-29(53)24-52(23-28)27-4-5-31-32(19-27)42(59)54(41(31)58)34-6-7-38(56)48-40(34)57/h4-5,8,13,19-21,25-26,28-30,34H,6-7,9-12,14-18,22-24H2,1-3H3,(H,48,56,57)(H,44,45,46,47). The predicted molar refractivity (Wildman–Crippen MR) is 225 cm³/mol. The maximum Gasteiger partial charge on any atom is 0.262 e. The molecule has 3 atom stereocenters. The number of methoxy groups -OCH3 is 1. The van der Waals surface area contributed by atoms with Gasteiger partial charge in [0.25, 0.3) is 11.8 Å². The van der Waals surface area contributed by atoms with Crippen LogP contribution in [-0.4, -0.2) is 135 Å². The van der Waals surface area contributed by atoms with E-state index in [9.17, 15) is 19.2 Å². The summed E-state index contributed by atoms with van der Waals surface area (Å²) in [7, 11) is 1.77. The van der Waals surface area contributed by atoms with Gasteiger partial charge in [0.1, 0.15) is 17.7 Å². The number of hydrogen-bond donors (Lipinski definition) is 2. The number of nitrogens with zero attached hydrogens (tertiary/aromatic N) is 10. The van der Waals surface area contributed by atoms with Gasteiger partial charge in [0.15, 0.2) is 5.82 Å². The van der Waals surface area contributed by atoms with Gasteiger partial charge < -0.3 is 24.8 Å². The van der Waals surface area contributed by atoms with Gasteiger partial charge in [0.05, 0.1) is 28.1 Å². The largest absolute Gasteiger partial charge is 0.381 e. The Morgan fingerprint density at radius 2 is 1.60 bits per heavy atom. The van der Waals surface area contributed by atoms with Crippen molar-refractivity contribution in [3.8, 4) is 0 Å². The monoisotopic (exact) mass is 816 g/mol. The van der Waals surface area contributed by atoms with Gasteiger partial charge in [-0.25, -0.2) is 9.97 Å². The third-order valence-electron chi connectivity index (χ3n) is 13.5. The van der Waals surface area contributed by atoms with Crippen molar-refractivity contribution in [3.63, 3.8) is 0 Å². The van der Waals surface area contributed by atoms with Crippen molar-refractivity contribution < 1.29 is 23.9 Å². The topological polar surface area (TPSA) is 174 Å². The number of benzene rings is 1. The Labute approximate surface area is 348 Å². The quantitative estimate of drug-likeness (QED) is 0.222. The fourth-order valence-corrected chi connectivity index (χ4v) is 10.2. The van der Waals surface area contributed by atoms with Gasteiger partial charge in [0.2, 0.25) is 17.8 Å². The average Bonchev–Trinajstić information content (AvgIpc) is 3.77. The lowest BCUT2D eigenvalue weighted by atomic mass is 9.84. The number of carbonyl (C=O) groups is 4. The number of pyridine rings is 1. The molecular formula is C43H52N12O5. The van der Waals surface area contributed by atoms with Crippen LogP contribution in [-0.2, 0) is 14.3 Å². The molecule has 3 unspecified atom stereocenters. The molecule has 7 aliphatic heterocycles. The van der Waals surface area contributed by atoms with E-state index in [-0.39, 0.29) is 24.8 Å². The number of amides is 4. The molecule has 314 valence electrons. The van der Waals surface area contributed by atoms with E-state index in [2.05, 4.69) is 59.8 Å². The minimum absolute atomic E-state index is 0.100. The molecule has 1 aromatic carbocycles. The van der Waals surface area contributed by atoms with E-state index in [0.717, 1.165) is 105 Å². The summed E-state index contributed by atoms with van der Waals surface area (Å²) in [4.78, 5) is 75.7. The highest BCUT2D eigenvalue weighted by Gasteiger charge is 2.47. The van der Waals surface area contributed by atoms with Crippen LogP contribution >= 0.6 is 0 Å². The molecule has 6 saturated heterocycles. The van der Waals surface area contributed by atoms with Crippen LogP contribution in [0.1, 0.15) is 85.6 Å². The molecule has 11 rings (SSSR count). The predicted octanol–water partition coefficient (Wildman–Crippen LogP) is 3.74. The zero-order valence-corrected chi connectivity index (χ0v) is 34.4. The van der Waals surface area contributed by atoms with Crippen LogP contribution in [0.3, 0.4) is 0 Å². The lowest BCUT2D eigenvalue weighted by Gasteiger charge is -2.58. The van der Waals surface area contributed by atoms with Crippen LogP contribution in [0.25, 0.3) is 10.9 Å². The molecule has 4 aromatic rings. The Bertz CT molecular complexity index is 2340. The van der Waals surface area contributed by atoms with Gasteiger partial charge in [-0.2, -0.15) is 10.1 Å². The van der Waals surface area contributed by atoms with E-state index in [0.29, 0.717) is 52.8 Å². The van der Waals surface area contributed by atoms with Crippen LogP contribution in [0.5, 0.6) is 0 Å². The first kappa shape index (κ1) is 38.5. The molecule has 0 radical (unpaired) electrons. The molecule has 0 saturated carbocycles. The van der Waals surface area contributed by atoms with Gasteiger partial charge in [0, 0.05) is 102 Å². The third-order valence-corrected chi connectivity index (χ3v) is 13.5. The van der Waals surface area contributed by atoms with Crippen LogP contribution in [0.2, 0.25) is 0 Å². The number of imide groups is 2. The molecule has 7 aliphatic rings. The fraction of sp³-hybridized carbons (Fsp3) is 0.535. The Balaban J connectivity index is 0.754. The number of hydrogen-bond acceptors (Lipinski definition) is 14. The lowest BCUT2D eigenvalue weighted by Crippen LogP contribution is -2.69. The maximum absolute atomic E-state index is 13.5. The van der Waals surface area contributed by atoms with Crippen molar-refractivity contribution in [3.05, 3.63) is 53.9 Å². The molecule has 17 heteroatoms. The Morgan fingerprint density at radius 1 is 0.850 bits per heavy atom. The number of ether oxygens (including phenoxy) is 1. The normalized spacial score (nSPS) is 24.1. The molecule has 6 fully saturated rings. The Hall–Kier alpha value is -5.68. The SMILES string of the molecule is COC1CCN(c2nccc(Nc3cc4c(cn3)c(N3CCC(CN5C6CC5CN(c5ccc7c(c5)C(=O)N(C5CCC(=O)NC5=O)C7=O)C6)CC3)nn4C(C)C)n2)CC1. The highest BCUT2D eigenvalue weighted by molar-refractivity contribution is 6.23. The van der Waals surface area contributed by atoms with E-state index in [1.54, 1.807) is 19.4 Å². The van der Waals surface area contributed by atoms with Crippen molar-refractivity contribution in [1.29, 1.82) is 0 Å². The van der Waals surface area contributed by atoms with E-state index >= 15 is 0 Å². The van der Waals surface area contributed by atoms with Crippen LogP contribution < -0.4 is 25.3 Å².